The van der Waals surface area contributed by atoms with E-state index in [1.165, 1.54) is 36.7 Å². The molecule has 3 rings (SSSR count). The molecule has 2 aliphatic heterocycles. The quantitative estimate of drug-likeness (QED) is 0.654. The van der Waals surface area contributed by atoms with E-state index in [-0.39, 0.29) is 11.7 Å². The number of nitrogens with one attached hydrogen (secondary N) is 1. The van der Waals surface area contributed by atoms with Crippen molar-refractivity contribution in [3.63, 3.8) is 0 Å². The number of sulfonamides is 1. The van der Waals surface area contributed by atoms with Crippen LogP contribution < -0.4 is 5.32 Å². The number of likely N-dealkylation sites (tertiary alicyclic amines) is 1. The number of nitrogens with zero attached hydrogens (tertiary/aromatic N) is 2. The first kappa shape index (κ1) is 22.2. The maximum atomic E-state index is 13.3. The summed E-state index contributed by atoms with van der Waals surface area (Å²) in [5, 5.41) is 3.17. The highest BCUT2D eigenvalue weighted by Gasteiger charge is 2.44. The molecule has 6 nitrogen and oxygen atoms in total. The summed E-state index contributed by atoms with van der Waals surface area (Å²) in [5.74, 6) is 0.143. The van der Waals surface area contributed by atoms with Crippen LogP contribution >= 0.6 is 0 Å². The Hall–Kier alpha value is -1.44. The van der Waals surface area contributed by atoms with Crippen LogP contribution in [0.25, 0.3) is 0 Å². The summed E-state index contributed by atoms with van der Waals surface area (Å²) in [6, 6.07) is 9.85. The molecule has 0 aromatic heterocycles. The van der Waals surface area contributed by atoms with Crippen LogP contribution in [-0.4, -0.2) is 68.6 Å². The number of rotatable bonds is 8. The molecule has 1 amide bonds. The topological polar surface area (TPSA) is 69.7 Å². The van der Waals surface area contributed by atoms with Gasteiger partial charge in [-0.05, 0) is 64.2 Å². The maximum Gasteiger partial charge on any atom is 0.230 e. The molecule has 29 heavy (non-hydrogen) atoms. The van der Waals surface area contributed by atoms with Gasteiger partial charge in [0.15, 0.2) is 0 Å². The van der Waals surface area contributed by atoms with Gasteiger partial charge in [-0.3, -0.25) is 4.79 Å². The van der Waals surface area contributed by atoms with Crippen molar-refractivity contribution in [3.8, 4) is 0 Å². The molecule has 0 saturated carbocycles. The van der Waals surface area contributed by atoms with E-state index in [4.69, 9.17) is 0 Å². The Labute approximate surface area is 175 Å². The van der Waals surface area contributed by atoms with E-state index < -0.39 is 15.4 Å². The predicted molar refractivity (Wildman–Crippen MR) is 116 cm³/mol. The summed E-state index contributed by atoms with van der Waals surface area (Å²) >= 11 is 0. The summed E-state index contributed by atoms with van der Waals surface area (Å²) in [6.07, 6.45) is 5.88. The summed E-state index contributed by atoms with van der Waals surface area (Å²) < 4.78 is 26.0. The fourth-order valence-corrected chi connectivity index (χ4v) is 5.69. The molecule has 0 bridgehead atoms. The molecule has 0 spiro atoms. The van der Waals surface area contributed by atoms with Gasteiger partial charge in [-0.25, -0.2) is 12.7 Å². The highest BCUT2D eigenvalue weighted by Crippen LogP contribution is 2.36. The van der Waals surface area contributed by atoms with Gasteiger partial charge in [-0.15, -0.1) is 0 Å². The van der Waals surface area contributed by atoms with Gasteiger partial charge in [0, 0.05) is 19.6 Å². The number of amides is 1. The third-order valence-electron chi connectivity index (χ3n) is 6.48. The highest BCUT2D eigenvalue weighted by molar-refractivity contribution is 7.89. The van der Waals surface area contributed by atoms with Crippen molar-refractivity contribution < 1.29 is 13.2 Å². The number of benzene rings is 1. The lowest BCUT2D eigenvalue weighted by molar-refractivity contribution is -0.128. The van der Waals surface area contributed by atoms with E-state index in [1.54, 1.807) is 6.92 Å². The average molecular weight is 422 g/mol. The van der Waals surface area contributed by atoms with Crippen LogP contribution in [0.15, 0.2) is 30.3 Å². The van der Waals surface area contributed by atoms with Crippen LogP contribution in [0.5, 0.6) is 0 Å². The van der Waals surface area contributed by atoms with Crippen LogP contribution in [0.3, 0.4) is 0 Å². The lowest BCUT2D eigenvalue weighted by atomic mass is 9.72. The van der Waals surface area contributed by atoms with Crippen molar-refractivity contribution in [2.24, 2.45) is 0 Å². The second kappa shape index (κ2) is 10.0. The molecule has 2 saturated heterocycles. The lowest BCUT2D eigenvalue weighted by Crippen LogP contribution is -2.53. The summed E-state index contributed by atoms with van der Waals surface area (Å²) in [4.78, 5) is 15.8. The van der Waals surface area contributed by atoms with Crippen LogP contribution in [0.2, 0.25) is 0 Å². The minimum atomic E-state index is -3.22. The molecule has 0 atom stereocenters. The summed E-state index contributed by atoms with van der Waals surface area (Å²) in [5.41, 5.74) is 0.341. The Bertz CT molecular complexity index is 753. The Morgan fingerprint density at radius 3 is 2.31 bits per heavy atom. The summed E-state index contributed by atoms with van der Waals surface area (Å²) in [7, 11) is -3.22. The largest absolute Gasteiger partial charge is 0.355 e. The fraction of sp³-hybridized carbons (Fsp3) is 0.682. The van der Waals surface area contributed by atoms with Gasteiger partial charge in [0.2, 0.25) is 15.9 Å². The van der Waals surface area contributed by atoms with E-state index in [1.807, 2.05) is 30.3 Å². The maximum absolute atomic E-state index is 13.3. The first-order valence-electron chi connectivity index (χ1n) is 11.0. The molecule has 1 N–H and O–H groups in total. The van der Waals surface area contributed by atoms with Gasteiger partial charge >= 0.3 is 0 Å². The number of piperidine rings is 2. The number of hydrogen-bond donors (Lipinski definition) is 1. The third-order valence-corrected chi connectivity index (χ3v) is 8.36. The Morgan fingerprint density at radius 2 is 1.69 bits per heavy atom. The monoisotopic (exact) mass is 421 g/mol. The molecule has 1 aromatic carbocycles. The van der Waals surface area contributed by atoms with Gasteiger partial charge in [0.05, 0.1) is 11.2 Å². The van der Waals surface area contributed by atoms with Gasteiger partial charge in [0.1, 0.15) is 0 Å². The van der Waals surface area contributed by atoms with E-state index >= 15 is 0 Å². The van der Waals surface area contributed by atoms with Crippen molar-refractivity contribution >= 4 is 15.9 Å². The SMILES string of the molecule is CCS(=O)(=O)N1CCC(C(=O)NCCCN2CCCCC2)(c2ccccc2)CC1. The number of carbonyl (C=O) groups excluding carboxylic acids is 1. The minimum Gasteiger partial charge on any atom is -0.355 e. The van der Waals surface area contributed by atoms with Crippen LogP contribution in [0.1, 0.15) is 51.0 Å². The highest BCUT2D eigenvalue weighted by atomic mass is 32.2. The first-order chi connectivity index (χ1) is 14.0. The molecule has 2 fully saturated rings. The van der Waals surface area contributed by atoms with E-state index in [9.17, 15) is 13.2 Å². The Kier molecular flexibility index (Phi) is 7.71. The third kappa shape index (κ3) is 5.38. The molecule has 0 radical (unpaired) electrons. The van der Waals surface area contributed by atoms with Gasteiger partial charge in [-0.1, -0.05) is 36.8 Å². The second-order valence-corrected chi connectivity index (χ2v) is 10.5. The molecular weight excluding hydrogens is 386 g/mol. The van der Waals surface area contributed by atoms with E-state index in [0.29, 0.717) is 32.5 Å². The molecule has 0 aliphatic carbocycles. The summed E-state index contributed by atoms with van der Waals surface area (Å²) in [6.45, 7) is 6.50. The minimum absolute atomic E-state index is 0.0379. The number of hydrogen-bond acceptors (Lipinski definition) is 4. The van der Waals surface area contributed by atoms with Crippen LogP contribution in [-0.2, 0) is 20.2 Å². The molecule has 0 unspecified atom stereocenters. The van der Waals surface area contributed by atoms with Gasteiger partial charge in [0.25, 0.3) is 0 Å². The molecule has 162 valence electrons. The molecule has 1 aromatic rings. The smallest absolute Gasteiger partial charge is 0.230 e. The second-order valence-electron chi connectivity index (χ2n) is 8.26. The van der Waals surface area contributed by atoms with Crippen molar-refractivity contribution in [1.82, 2.24) is 14.5 Å². The standard InChI is InChI=1S/C22H35N3O3S/c1-2-29(27,28)25-18-12-22(13-19-25,20-10-5-3-6-11-20)21(26)23-14-9-17-24-15-7-4-8-16-24/h3,5-6,10-11H,2,4,7-9,12-19H2,1H3,(H,23,26). The van der Waals surface area contributed by atoms with Gasteiger partial charge < -0.3 is 10.2 Å². The fourth-order valence-electron chi connectivity index (χ4n) is 4.59. The normalized spacial score (nSPS) is 21.0. The molecule has 7 heteroatoms. The van der Waals surface area contributed by atoms with Gasteiger partial charge in [-0.2, -0.15) is 0 Å². The average Bonchev–Trinajstić information content (AvgIpc) is 2.78. The van der Waals surface area contributed by atoms with Crippen molar-refractivity contribution in [2.45, 2.75) is 50.9 Å². The van der Waals surface area contributed by atoms with Crippen molar-refractivity contribution in [3.05, 3.63) is 35.9 Å². The molecular formula is C22H35N3O3S. The zero-order chi connectivity index (χ0) is 20.7. The predicted octanol–water partition coefficient (Wildman–Crippen LogP) is 2.36. The van der Waals surface area contributed by atoms with Crippen LogP contribution in [0.4, 0.5) is 0 Å². The van der Waals surface area contributed by atoms with Crippen molar-refractivity contribution in [2.75, 3.05) is 45.0 Å². The zero-order valence-corrected chi connectivity index (χ0v) is 18.4. The Balaban J connectivity index is 1.62. The van der Waals surface area contributed by atoms with E-state index in [2.05, 4.69) is 10.2 Å². The Morgan fingerprint density at radius 1 is 1.03 bits per heavy atom. The van der Waals surface area contributed by atoms with E-state index in [0.717, 1.165) is 18.5 Å². The lowest BCUT2D eigenvalue weighted by Gasteiger charge is -2.40. The van der Waals surface area contributed by atoms with Crippen LogP contribution in [0, 0.1) is 0 Å². The molecule has 2 aliphatic rings. The first-order valence-corrected chi connectivity index (χ1v) is 12.6. The zero-order valence-electron chi connectivity index (χ0n) is 17.6. The van der Waals surface area contributed by atoms with Crippen molar-refractivity contribution in [1.29, 1.82) is 0 Å². The molecule has 2 heterocycles. The number of carbonyl (C=O) groups is 1.